The third kappa shape index (κ3) is 3.44. The molecule has 1 N–H and O–H groups in total. The summed E-state index contributed by atoms with van der Waals surface area (Å²) in [6, 6.07) is 9.71. The number of nitrogens with zero attached hydrogens (tertiary/aromatic N) is 5. The molecule has 7 nitrogen and oxygen atoms in total. The van der Waals surface area contributed by atoms with Gasteiger partial charge in [-0.3, -0.25) is 9.48 Å². The Hall–Kier alpha value is -3.68. The summed E-state index contributed by atoms with van der Waals surface area (Å²) in [5, 5.41) is 11.7. The molecule has 0 fully saturated rings. The van der Waals surface area contributed by atoms with Gasteiger partial charge >= 0.3 is 0 Å². The molecular formula is C21H21FN6O. The number of carbonyl (C=O) groups excluding carboxylic acids is 1. The lowest BCUT2D eigenvalue weighted by molar-refractivity contribution is 0.0951. The van der Waals surface area contributed by atoms with E-state index in [-0.39, 0.29) is 11.7 Å². The fourth-order valence-electron chi connectivity index (χ4n) is 3.33. The zero-order valence-corrected chi connectivity index (χ0v) is 16.4. The minimum Gasteiger partial charge on any atom is -0.348 e. The van der Waals surface area contributed by atoms with Gasteiger partial charge in [-0.25, -0.2) is 9.07 Å². The quantitative estimate of drug-likeness (QED) is 0.567. The predicted octanol–water partition coefficient (Wildman–Crippen LogP) is 3.08. The fourth-order valence-corrected chi connectivity index (χ4v) is 3.33. The van der Waals surface area contributed by atoms with E-state index in [0.29, 0.717) is 23.6 Å². The van der Waals surface area contributed by atoms with Crippen LogP contribution in [0, 0.1) is 19.7 Å². The van der Waals surface area contributed by atoms with Gasteiger partial charge in [0, 0.05) is 37.2 Å². The number of amides is 1. The van der Waals surface area contributed by atoms with Gasteiger partial charge in [0.1, 0.15) is 11.4 Å². The summed E-state index contributed by atoms with van der Waals surface area (Å²) < 4.78 is 18.6. The van der Waals surface area contributed by atoms with Crippen molar-refractivity contribution in [3.63, 3.8) is 0 Å². The van der Waals surface area contributed by atoms with Crippen LogP contribution in [-0.4, -0.2) is 30.0 Å². The molecule has 4 rings (SSSR count). The summed E-state index contributed by atoms with van der Waals surface area (Å²) in [7, 11) is 1.88. The minimum absolute atomic E-state index is 0.246. The first-order valence-corrected chi connectivity index (χ1v) is 9.20. The molecule has 0 aliphatic heterocycles. The first kappa shape index (κ1) is 18.7. The molecule has 0 spiro atoms. The third-order valence-electron chi connectivity index (χ3n) is 4.99. The van der Waals surface area contributed by atoms with Crippen LogP contribution in [0.15, 0.2) is 55.0 Å². The van der Waals surface area contributed by atoms with Crippen LogP contribution in [0.3, 0.4) is 0 Å². The number of rotatable bonds is 5. The second-order valence-electron chi connectivity index (χ2n) is 6.82. The van der Waals surface area contributed by atoms with E-state index < -0.39 is 0 Å². The number of aryl methyl sites for hydroxylation is 2. The van der Waals surface area contributed by atoms with Crippen molar-refractivity contribution in [2.45, 2.75) is 20.4 Å². The summed E-state index contributed by atoms with van der Waals surface area (Å²) in [5.74, 6) is 0.00653. The summed E-state index contributed by atoms with van der Waals surface area (Å²) in [5.41, 5.74) is 3.97. The Morgan fingerprint density at radius 3 is 2.45 bits per heavy atom. The van der Waals surface area contributed by atoms with Crippen LogP contribution in [0.5, 0.6) is 0 Å². The number of benzene rings is 1. The molecule has 0 atom stereocenters. The van der Waals surface area contributed by atoms with Crippen LogP contribution < -0.4 is 5.32 Å². The van der Waals surface area contributed by atoms with Crippen LogP contribution in [-0.2, 0) is 13.6 Å². The van der Waals surface area contributed by atoms with Gasteiger partial charge < -0.3 is 9.88 Å². The van der Waals surface area contributed by atoms with Crippen molar-refractivity contribution in [2.75, 3.05) is 0 Å². The molecule has 0 aliphatic rings. The Balaban J connectivity index is 1.68. The molecule has 148 valence electrons. The number of carbonyl (C=O) groups is 1. The van der Waals surface area contributed by atoms with Gasteiger partial charge in [-0.2, -0.15) is 10.2 Å². The third-order valence-corrected chi connectivity index (χ3v) is 4.99. The molecule has 3 heterocycles. The van der Waals surface area contributed by atoms with Crippen LogP contribution >= 0.6 is 0 Å². The Bertz CT molecular complexity index is 1150. The van der Waals surface area contributed by atoms with Gasteiger partial charge in [-0.1, -0.05) is 0 Å². The van der Waals surface area contributed by atoms with Crippen molar-refractivity contribution in [3.05, 3.63) is 83.3 Å². The van der Waals surface area contributed by atoms with Crippen molar-refractivity contribution < 1.29 is 9.18 Å². The summed E-state index contributed by atoms with van der Waals surface area (Å²) in [6.07, 6.45) is 5.20. The molecule has 0 saturated carbocycles. The van der Waals surface area contributed by atoms with Crippen LogP contribution in [0.1, 0.15) is 27.3 Å². The van der Waals surface area contributed by atoms with E-state index in [0.717, 1.165) is 17.0 Å². The Morgan fingerprint density at radius 2 is 1.83 bits per heavy atom. The number of halogens is 1. The fraction of sp³-hybridized carbons (Fsp3) is 0.190. The van der Waals surface area contributed by atoms with E-state index in [1.807, 2.05) is 50.0 Å². The van der Waals surface area contributed by atoms with Crippen LogP contribution in [0.25, 0.3) is 11.5 Å². The van der Waals surface area contributed by atoms with Gasteiger partial charge in [-0.05, 0) is 50.2 Å². The Labute approximate surface area is 167 Å². The lowest BCUT2D eigenvalue weighted by Crippen LogP contribution is -2.24. The number of hydrogen-bond donors (Lipinski definition) is 1. The van der Waals surface area contributed by atoms with Crippen LogP contribution in [0.4, 0.5) is 4.39 Å². The van der Waals surface area contributed by atoms with Gasteiger partial charge in [-0.15, -0.1) is 0 Å². The lowest BCUT2D eigenvalue weighted by Gasteiger charge is -2.11. The average Bonchev–Trinajstić information content (AvgIpc) is 3.41. The maximum absolute atomic E-state index is 13.3. The Morgan fingerprint density at radius 1 is 1.14 bits per heavy atom. The predicted molar refractivity (Wildman–Crippen MR) is 107 cm³/mol. The van der Waals surface area contributed by atoms with Crippen molar-refractivity contribution in [3.8, 4) is 11.5 Å². The molecule has 1 amide bonds. The zero-order valence-electron chi connectivity index (χ0n) is 16.4. The highest BCUT2D eigenvalue weighted by atomic mass is 19.1. The summed E-state index contributed by atoms with van der Waals surface area (Å²) >= 11 is 0. The number of aromatic nitrogens is 5. The first-order valence-electron chi connectivity index (χ1n) is 9.20. The molecule has 8 heteroatoms. The average molecular weight is 392 g/mol. The molecular weight excluding hydrogens is 371 g/mol. The highest BCUT2D eigenvalue weighted by Gasteiger charge is 2.20. The number of nitrogens with one attached hydrogen (secondary N) is 1. The van der Waals surface area contributed by atoms with E-state index >= 15 is 0 Å². The standard InChI is InChI=1S/C21H21FN6O/c1-14-18(15(2)26(3)25-14)12-23-20(29)19-13-24-28(17-8-6-16(22)7-9-17)21(19)27-10-4-5-11-27/h4-11,13H,12H2,1-3H3,(H,23,29). The number of hydrogen-bond acceptors (Lipinski definition) is 3. The molecule has 0 saturated heterocycles. The van der Waals surface area contributed by atoms with Crippen molar-refractivity contribution in [1.82, 2.24) is 29.4 Å². The first-order chi connectivity index (χ1) is 14.0. The second-order valence-corrected chi connectivity index (χ2v) is 6.82. The molecule has 0 aliphatic carbocycles. The maximum Gasteiger partial charge on any atom is 0.256 e. The highest BCUT2D eigenvalue weighted by Crippen LogP contribution is 2.20. The highest BCUT2D eigenvalue weighted by molar-refractivity contribution is 5.97. The lowest BCUT2D eigenvalue weighted by atomic mass is 10.2. The summed E-state index contributed by atoms with van der Waals surface area (Å²) in [4.78, 5) is 13.0. The van der Waals surface area contributed by atoms with Gasteiger partial charge in [0.25, 0.3) is 5.91 Å². The van der Waals surface area contributed by atoms with Gasteiger partial charge in [0.15, 0.2) is 5.82 Å². The van der Waals surface area contributed by atoms with E-state index in [1.54, 1.807) is 21.5 Å². The molecule has 1 aromatic carbocycles. The van der Waals surface area contributed by atoms with Crippen molar-refractivity contribution in [1.29, 1.82) is 0 Å². The van der Waals surface area contributed by atoms with Crippen molar-refractivity contribution in [2.24, 2.45) is 7.05 Å². The summed E-state index contributed by atoms with van der Waals surface area (Å²) in [6.45, 7) is 4.27. The molecule has 0 radical (unpaired) electrons. The van der Waals surface area contributed by atoms with Crippen molar-refractivity contribution >= 4 is 5.91 Å². The minimum atomic E-state index is -0.330. The molecule has 0 bridgehead atoms. The smallest absolute Gasteiger partial charge is 0.256 e. The van der Waals surface area contributed by atoms with E-state index in [2.05, 4.69) is 15.5 Å². The SMILES string of the molecule is Cc1nn(C)c(C)c1CNC(=O)c1cnn(-c2ccc(F)cc2)c1-n1cccc1. The largest absolute Gasteiger partial charge is 0.348 e. The Kier molecular flexibility index (Phi) is 4.75. The zero-order chi connectivity index (χ0) is 20.5. The maximum atomic E-state index is 13.3. The van der Waals surface area contributed by atoms with E-state index in [1.165, 1.54) is 18.3 Å². The monoisotopic (exact) mass is 392 g/mol. The van der Waals surface area contributed by atoms with E-state index in [9.17, 15) is 9.18 Å². The van der Waals surface area contributed by atoms with Gasteiger partial charge in [0.2, 0.25) is 0 Å². The molecule has 0 unspecified atom stereocenters. The van der Waals surface area contributed by atoms with Gasteiger partial charge in [0.05, 0.1) is 17.6 Å². The normalized spacial score (nSPS) is 11.0. The topological polar surface area (TPSA) is 69.7 Å². The second kappa shape index (κ2) is 7.38. The molecule has 4 aromatic rings. The van der Waals surface area contributed by atoms with E-state index in [4.69, 9.17) is 0 Å². The molecule has 3 aromatic heterocycles. The van der Waals surface area contributed by atoms with Crippen LogP contribution in [0.2, 0.25) is 0 Å². The molecule has 29 heavy (non-hydrogen) atoms.